The van der Waals surface area contributed by atoms with Gasteiger partial charge in [-0.05, 0) is 38.3 Å². The molecule has 1 aromatic rings. The fraction of sp³-hybridized carbons (Fsp3) is 0.647. The van der Waals surface area contributed by atoms with Crippen molar-refractivity contribution >= 4 is 21.9 Å². The van der Waals surface area contributed by atoms with E-state index in [2.05, 4.69) is 15.2 Å². The lowest BCUT2D eigenvalue weighted by atomic mass is 10.2. The van der Waals surface area contributed by atoms with E-state index >= 15 is 0 Å². The Hall–Kier alpha value is -1.71. The second-order valence-electron chi connectivity index (χ2n) is 6.62. The molecule has 0 unspecified atom stereocenters. The van der Waals surface area contributed by atoms with Gasteiger partial charge in [0.2, 0.25) is 0 Å². The molecule has 2 fully saturated rings. The van der Waals surface area contributed by atoms with Crippen molar-refractivity contribution < 1.29 is 13.2 Å². The van der Waals surface area contributed by atoms with E-state index in [1.54, 1.807) is 20.9 Å². The molecule has 1 N–H and O–H groups in total. The Balaban J connectivity index is 1.64. The Morgan fingerprint density at radius 3 is 2.38 bits per heavy atom. The minimum atomic E-state index is -3.35. The van der Waals surface area contributed by atoms with Crippen LogP contribution in [0.25, 0.3) is 0 Å². The van der Waals surface area contributed by atoms with Crippen LogP contribution in [0.1, 0.15) is 36.5 Å². The summed E-state index contributed by atoms with van der Waals surface area (Å²) in [7, 11) is -3.35. The highest BCUT2D eigenvalue weighted by Gasteiger charge is 2.32. The topological polar surface area (TPSA) is 85.8 Å². The van der Waals surface area contributed by atoms with Gasteiger partial charge in [0.25, 0.3) is 16.1 Å². The number of pyridine rings is 1. The van der Waals surface area contributed by atoms with E-state index in [0.29, 0.717) is 44.8 Å². The zero-order valence-corrected chi connectivity index (χ0v) is 16.0. The van der Waals surface area contributed by atoms with Gasteiger partial charge in [-0.15, -0.1) is 0 Å². The van der Waals surface area contributed by atoms with E-state index in [9.17, 15) is 13.2 Å². The molecule has 8 nitrogen and oxygen atoms in total. The summed E-state index contributed by atoms with van der Waals surface area (Å²) in [5.74, 6) is 0.642. The lowest BCUT2D eigenvalue weighted by Crippen LogP contribution is -2.44. The summed E-state index contributed by atoms with van der Waals surface area (Å²) in [6, 6.07) is 3.59. The van der Waals surface area contributed by atoms with E-state index in [0.717, 1.165) is 31.6 Å². The molecule has 9 heteroatoms. The van der Waals surface area contributed by atoms with Crippen molar-refractivity contribution in [2.24, 2.45) is 0 Å². The van der Waals surface area contributed by atoms with Gasteiger partial charge in [-0.2, -0.15) is 17.0 Å². The average Bonchev–Trinajstić information content (AvgIpc) is 3.07. The summed E-state index contributed by atoms with van der Waals surface area (Å²) in [6.07, 6.45) is 4.22. The molecule has 3 rings (SSSR count). The number of carbonyl (C=O) groups excluding carboxylic acids is 1. The van der Waals surface area contributed by atoms with Gasteiger partial charge < -0.3 is 10.2 Å². The van der Waals surface area contributed by atoms with Crippen LogP contribution in [0.3, 0.4) is 0 Å². The lowest BCUT2D eigenvalue weighted by molar-refractivity contribution is 0.0955. The molecule has 0 bridgehead atoms. The van der Waals surface area contributed by atoms with Gasteiger partial charge in [-0.25, -0.2) is 4.98 Å². The number of amides is 1. The van der Waals surface area contributed by atoms with Gasteiger partial charge in [-0.3, -0.25) is 4.79 Å². The minimum absolute atomic E-state index is 0.134. The number of carbonyl (C=O) groups is 1. The molecule has 3 heterocycles. The molecule has 2 aliphatic heterocycles. The number of hydrogen-bond acceptors (Lipinski definition) is 5. The number of aromatic nitrogens is 1. The largest absolute Gasteiger partial charge is 0.355 e. The number of rotatable bonds is 5. The van der Waals surface area contributed by atoms with Gasteiger partial charge in [0.1, 0.15) is 5.82 Å². The summed E-state index contributed by atoms with van der Waals surface area (Å²) in [5.41, 5.74) is 0.531. The van der Waals surface area contributed by atoms with E-state index in [1.807, 2.05) is 13.0 Å². The maximum absolute atomic E-state index is 12.7. The number of hydrogen-bond donors (Lipinski definition) is 1. The SMILES string of the molecule is CCNC(=O)c1ccc(N2CCCN(S(=O)(=O)N3CCCC3)CC2)nc1. The number of nitrogens with zero attached hydrogens (tertiary/aromatic N) is 4. The fourth-order valence-electron chi connectivity index (χ4n) is 3.41. The zero-order chi connectivity index (χ0) is 18.6. The Bertz CT molecular complexity index is 716. The van der Waals surface area contributed by atoms with Crippen molar-refractivity contribution in [1.29, 1.82) is 0 Å². The Labute approximate surface area is 155 Å². The summed E-state index contributed by atoms with van der Waals surface area (Å²) < 4.78 is 28.7. The van der Waals surface area contributed by atoms with Crippen molar-refractivity contribution in [3.63, 3.8) is 0 Å². The second-order valence-corrected chi connectivity index (χ2v) is 8.55. The molecular formula is C17H27N5O3S. The van der Waals surface area contributed by atoms with Crippen molar-refractivity contribution in [2.75, 3.05) is 50.7 Å². The fourth-order valence-corrected chi connectivity index (χ4v) is 5.12. The van der Waals surface area contributed by atoms with Crippen LogP contribution in [0.2, 0.25) is 0 Å². The minimum Gasteiger partial charge on any atom is -0.355 e. The van der Waals surface area contributed by atoms with Gasteiger partial charge in [0.05, 0.1) is 5.56 Å². The monoisotopic (exact) mass is 381 g/mol. The first-order chi connectivity index (χ1) is 12.5. The van der Waals surface area contributed by atoms with Crippen molar-refractivity contribution in [2.45, 2.75) is 26.2 Å². The van der Waals surface area contributed by atoms with Crippen LogP contribution >= 0.6 is 0 Å². The van der Waals surface area contributed by atoms with Crippen molar-refractivity contribution in [1.82, 2.24) is 18.9 Å². The first-order valence-electron chi connectivity index (χ1n) is 9.27. The number of anilines is 1. The van der Waals surface area contributed by atoms with Crippen LogP contribution in [0, 0.1) is 0 Å². The zero-order valence-electron chi connectivity index (χ0n) is 15.2. The third-order valence-corrected chi connectivity index (χ3v) is 6.88. The first kappa shape index (κ1) is 19.1. The van der Waals surface area contributed by atoms with Crippen LogP contribution in [-0.2, 0) is 10.2 Å². The molecule has 1 aromatic heterocycles. The van der Waals surface area contributed by atoms with Crippen LogP contribution in [-0.4, -0.2) is 73.7 Å². The van der Waals surface area contributed by atoms with Gasteiger partial charge in [-0.1, -0.05) is 0 Å². The third kappa shape index (κ3) is 4.16. The molecular weight excluding hydrogens is 354 g/mol. The van der Waals surface area contributed by atoms with Crippen LogP contribution in [0.4, 0.5) is 5.82 Å². The van der Waals surface area contributed by atoms with Crippen LogP contribution < -0.4 is 10.2 Å². The van der Waals surface area contributed by atoms with Gasteiger partial charge >= 0.3 is 0 Å². The average molecular weight is 382 g/mol. The van der Waals surface area contributed by atoms with E-state index < -0.39 is 10.2 Å². The summed E-state index contributed by atoms with van der Waals surface area (Å²) >= 11 is 0. The second kappa shape index (κ2) is 8.32. The van der Waals surface area contributed by atoms with Crippen molar-refractivity contribution in [3.05, 3.63) is 23.9 Å². The first-order valence-corrected chi connectivity index (χ1v) is 10.7. The van der Waals surface area contributed by atoms with Crippen molar-refractivity contribution in [3.8, 4) is 0 Å². The highest BCUT2D eigenvalue weighted by molar-refractivity contribution is 7.86. The molecule has 0 spiro atoms. The molecule has 0 radical (unpaired) electrons. The van der Waals surface area contributed by atoms with Crippen LogP contribution in [0.15, 0.2) is 18.3 Å². The Morgan fingerprint density at radius 1 is 1.04 bits per heavy atom. The smallest absolute Gasteiger partial charge is 0.282 e. The molecule has 26 heavy (non-hydrogen) atoms. The predicted octanol–water partition coefficient (Wildman–Crippen LogP) is 0.684. The lowest BCUT2D eigenvalue weighted by Gasteiger charge is -2.26. The Kier molecular flexibility index (Phi) is 6.10. The van der Waals surface area contributed by atoms with E-state index in [1.165, 1.54) is 0 Å². The molecule has 0 aromatic carbocycles. The van der Waals surface area contributed by atoms with Gasteiger partial charge in [0, 0.05) is 52.0 Å². The highest BCUT2D eigenvalue weighted by Crippen LogP contribution is 2.20. The summed E-state index contributed by atoms with van der Waals surface area (Å²) in [4.78, 5) is 18.3. The summed E-state index contributed by atoms with van der Waals surface area (Å²) in [5, 5.41) is 2.75. The van der Waals surface area contributed by atoms with Gasteiger partial charge in [0.15, 0.2) is 0 Å². The number of nitrogens with one attached hydrogen (secondary N) is 1. The molecule has 2 aliphatic rings. The molecule has 144 valence electrons. The van der Waals surface area contributed by atoms with E-state index in [4.69, 9.17) is 0 Å². The maximum Gasteiger partial charge on any atom is 0.282 e. The maximum atomic E-state index is 12.7. The van der Waals surface area contributed by atoms with E-state index in [-0.39, 0.29) is 5.91 Å². The quantitative estimate of drug-likeness (QED) is 0.811. The molecule has 1 amide bonds. The highest BCUT2D eigenvalue weighted by atomic mass is 32.2. The third-order valence-electron chi connectivity index (χ3n) is 4.84. The molecule has 2 saturated heterocycles. The molecule has 0 saturated carbocycles. The Morgan fingerprint density at radius 2 is 1.73 bits per heavy atom. The normalized spacial score (nSPS) is 20.1. The summed E-state index contributed by atoms with van der Waals surface area (Å²) in [6.45, 7) is 6.05. The molecule has 0 atom stereocenters. The molecule has 0 aliphatic carbocycles. The standard InChI is InChI=1S/C17H27N5O3S/c1-2-18-17(23)15-6-7-16(19-14-15)20-8-5-11-22(13-12-20)26(24,25)21-9-3-4-10-21/h6-7,14H,2-5,8-13H2,1H3,(H,18,23). The van der Waals surface area contributed by atoms with Crippen LogP contribution in [0.5, 0.6) is 0 Å². The predicted molar refractivity (Wildman–Crippen MR) is 100 cm³/mol.